The summed E-state index contributed by atoms with van der Waals surface area (Å²) in [5, 5.41) is 0.736. The summed E-state index contributed by atoms with van der Waals surface area (Å²) < 4.78 is 1.99. The maximum atomic E-state index is 11.0. The van der Waals surface area contributed by atoms with Crippen molar-refractivity contribution >= 4 is 17.9 Å². The second kappa shape index (κ2) is 6.53. The number of benzene rings is 1. The molecule has 0 aliphatic rings. The number of aldehydes is 1. The van der Waals surface area contributed by atoms with Crippen LogP contribution in [0.2, 0.25) is 5.02 Å². The lowest BCUT2D eigenvalue weighted by Gasteiger charge is -2.09. The molecule has 0 unspecified atom stereocenters. The van der Waals surface area contributed by atoms with E-state index in [1.807, 2.05) is 28.8 Å². The molecule has 2 aromatic rings. The molecular weight excluding hydrogens is 260 g/mol. The number of imidazole rings is 1. The van der Waals surface area contributed by atoms with E-state index in [4.69, 9.17) is 11.6 Å². The van der Waals surface area contributed by atoms with Crippen molar-refractivity contribution in [1.29, 1.82) is 0 Å². The van der Waals surface area contributed by atoms with Gasteiger partial charge in [-0.3, -0.25) is 4.79 Å². The van der Waals surface area contributed by atoms with Crippen molar-refractivity contribution in [1.82, 2.24) is 9.55 Å². The van der Waals surface area contributed by atoms with Gasteiger partial charge in [-0.15, -0.1) is 0 Å². The van der Waals surface area contributed by atoms with Crippen LogP contribution in [0.3, 0.4) is 0 Å². The number of aromatic nitrogens is 2. The number of nitrogens with zero attached hydrogens (tertiary/aromatic N) is 2. The number of rotatable bonds is 6. The second-order valence-electron chi connectivity index (χ2n) is 4.49. The van der Waals surface area contributed by atoms with Crippen LogP contribution in [0.1, 0.15) is 41.6 Å². The van der Waals surface area contributed by atoms with E-state index >= 15 is 0 Å². The van der Waals surface area contributed by atoms with Gasteiger partial charge in [-0.2, -0.15) is 0 Å². The summed E-state index contributed by atoms with van der Waals surface area (Å²) in [6.45, 7) is 2.95. The Morgan fingerprint density at radius 1 is 1.37 bits per heavy atom. The third-order valence-electron chi connectivity index (χ3n) is 3.13. The summed E-state index contributed by atoms with van der Waals surface area (Å²) in [6.07, 6.45) is 5.26. The number of hydrogen-bond donors (Lipinski definition) is 0. The van der Waals surface area contributed by atoms with E-state index in [9.17, 15) is 4.79 Å². The largest absolute Gasteiger partial charge is 0.326 e. The van der Waals surface area contributed by atoms with E-state index in [0.717, 1.165) is 42.1 Å². The molecular formula is C15H17ClN2O. The van der Waals surface area contributed by atoms with Crippen LogP contribution < -0.4 is 0 Å². The summed E-state index contributed by atoms with van der Waals surface area (Å²) in [6, 6.07) is 7.73. The van der Waals surface area contributed by atoms with Crippen LogP contribution in [0.15, 0.2) is 30.5 Å². The topological polar surface area (TPSA) is 34.9 Å². The minimum Gasteiger partial charge on any atom is -0.326 e. The fourth-order valence-corrected chi connectivity index (χ4v) is 2.25. The highest BCUT2D eigenvalue weighted by atomic mass is 35.5. The normalized spacial score (nSPS) is 10.6. The molecule has 100 valence electrons. The van der Waals surface area contributed by atoms with Gasteiger partial charge in [0.2, 0.25) is 0 Å². The predicted octanol–water partition coefficient (Wildman–Crippen LogP) is 3.74. The first-order chi connectivity index (χ1) is 9.26. The Kier molecular flexibility index (Phi) is 4.74. The second-order valence-corrected chi connectivity index (χ2v) is 4.90. The standard InChI is InChI=1S/C15H17ClN2O/c1-2-3-8-18-13(11-19)10-17-15(18)9-12-6-4-5-7-14(12)16/h4-7,10-11H,2-3,8-9H2,1H3. The zero-order valence-electron chi connectivity index (χ0n) is 11.0. The van der Waals surface area contributed by atoms with E-state index in [2.05, 4.69) is 11.9 Å². The van der Waals surface area contributed by atoms with Crippen LogP contribution in [-0.2, 0) is 13.0 Å². The first-order valence-electron chi connectivity index (χ1n) is 6.49. The molecule has 0 N–H and O–H groups in total. The van der Waals surface area contributed by atoms with Crippen molar-refractivity contribution in [2.24, 2.45) is 0 Å². The zero-order valence-corrected chi connectivity index (χ0v) is 11.7. The Hall–Kier alpha value is -1.61. The Balaban J connectivity index is 2.27. The molecule has 1 aromatic carbocycles. The van der Waals surface area contributed by atoms with Gasteiger partial charge in [0.1, 0.15) is 11.5 Å². The molecule has 0 aliphatic heterocycles. The Morgan fingerprint density at radius 2 is 2.16 bits per heavy atom. The Bertz CT molecular complexity index is 563. The highest BCUT2D eigenvalue weighted by molar-refractivity contribution is 6.31. The third-order valence-corrected chi connectivity index (χ3v) is 3.50. The van der Waals surface area contributed by atoms with E-state index in [-0.39, 0.29) is 0 Å². The van der Waals surface area contributed by atoms with Gasteiger partial charge in [-0.1, -0.05) is 43.1 Å². The molecule has 0 radical (unpaired) electrons. The first-order valence-corrected chi connectivity index (χ1v) is 6.87. The summed E-state index contributed by atoms with van der Waals surface area (Å²) in [5.74, 6) is 0.892. The fourth-order valence-electron chi connectivity index (χ4n) is 2.05. The molecule has 0 amide bonds. The highest BCUT2D eigenvalue weighted by Gasteiger charge is 2.11. The van der Waals surface area contributed by atoms with Crippen LogP contribution in [-0.4, -0.2) is 15.8 Å². The van der Waals surface area contributed by atoms with Crippen molar-refractivity contribution in [2.45, 2.75) is 32.7 Å². The van der Waals surface area contributed by atoms with Gasteiger partial charge < -0.3 is 4.57 Å². The summed E-state index contributed by atoms with van der Waals surface area (Å²) in [5.41, 5.74) is 1.67. The van der Waals surface area contributed by atoms with Gasteiger partial charge in [0.25, 0.3) is 0 Å². The molecule has 0 saturated heterocycles. The van der Waals surface area contributed by atoms with Gasteiger partial charge in [0, 0.05) is 18.0 Å². The van der Waals surface area contributed by atoms with Crippen molar-refractivity contribution in [3.05, 3.63) is 52.6 Å². The molecule has 0 fully saturated rings. The number of hydrogen-bond acceptors (Lipinski definition) is 2. The molecule has 0 bridgehead atoms. The van der Waals surface area contributed by atoms with Crippen molar-refractivity contribution in [3.8, 4) is 0 Å². The maximum absolute atomic E-state index is 11.0. The SMILES string of the molecule is CCCCn1c(C=O)cnc1Cc1ccccc1Cl. The first kappa shape index (κ1) is 13.8. The van der Waals surface area contributed by atoms with Gasteiger partial charge in [0.15, 0.2) is 6.29 Å². The molecule has 2 rings (SSSR count). The molecule has 0 saturated carbocycles. The third kappa shape index (κ3) is 3.24. The minimum absolute atomic E-state index is 0.635. The monoisotopic (exact) mass is 276 g/mol. The van der Waals surface area contributed by atoms with Gasteiger partial charge in [0.05, 0.1) is 6.20 Å². The Morgan fingerprint density at radius 3 is 2.84 bits per heavy atom. The summed E-state index contributed by atoms with van der Waals surface area (Å²) >= 11 is 6.16. The van der Waals surface area contributed by atoms with Crippen LogP contribution >= 0.6 is 11.6 Å². The molecule has 0 spiro atoms. The lowest BCUT2D eigenvalue weighted by atomic mass is 10.1. The maximum Gasteiger partial charge on any atom is 0.168 e. The van der Waals surface area contributed by atoms with Crippen LogP contribution in [0.25, 0.3) is 0 Å². The molecule has 19 heavy (non-hydrogen) atoms. The summed E-state index contributed by atoms with van der Waals surface area (Å²) in [4.78, 5) is 15.4. The van der Waals surface area contributed by atoms with E-state index in [0.29, 0.717) is 12.1 Å². The van der Waals surface area contributed by atoms with Crippen LogP contribution in [0.4, 0.5) is 0 Å². The van der Waals surface area contributed by atoms with Crippen molar-refractivity contribution < 1.29 is 4.79 Å². The molecule has 0 aliphatic carbocycles. The van der Waals surface area contributed by atoms with E-state index in [1.54, 1.807) is 6.20 Å². The van der Waals surface area contributed by atoms with E-state index in [1.165, 1.54) is 0 Å². The smallest absolute Gasteiger partial charge is 0.168 e. The predicted molar refractivity (Wildman–Crippen MR) is 76.8 cm³/mol. The van der Waals surface area contributed by atoms with Crippen LogP contribution in [0, 0.1) is 0 Å². The molecule has 3 nitrogen and oxygen atoms in total. The lowest BCUT2D eigenvalue weighted by Crippen LogP contribution is -2.08. The van der Waals surface area contributed by atoms with E-state index < -0.39 is 0 Å². The van der Waals surface area contributed by atoms with Crippen LogP contribution in [0.5, 0.6) is 0 Å². The zero-order chi connectivity index (χ0) is 13.7. The Labute approximate surface area is 118 Å². The van der Waals surface area contributed by atoms with Gasteiger partial charge in [-0.25, -0.2) is 4.98 Å². The van der Waals surface area contributed by atoms with Gasteiger partial charge in [-0.05, 0) is 18.1 Å². The average Bonchev–Trinajstić information content (AvgIpc) is 2.81. The summed E-state index contributed by atoms with van der Waals surface area (Å²) in [7, 11) is 0. The number of carbonyl (C=O) groups excluding carboxylic acids is 1. The highest BCUT2D eigenvalue weighted by Crippen LogP contribution is 2.19. The molecule has 0 atom stereocenters. The van der Waals surface area contributed by atoms with Gasteiger partial charge >= 0.3 is 0 Å². The molecule has 1 heterocycles. The lowest BCUT2D eigenvalue weighted by molar-refractivity contribution is 0.111. The molecule has 1 aromatic heterocycles. The average molecular weight is 277 g/mol. The number of halogens is 1. The quantitative estimate of drug-likeness (QED) is 0.754. The number of carbonyl (C=O) groups is 1. The fraction of sp³-hybridized carbons (Fsp3) is 0.333. The minimum atomic E-state index is 0.635. The number of unbranched alkanes of at least 4 members (excludes halogenated alkanes) is 1. The van der Waals surface area contributed by atoms with Crippen molar-refractivity contribution in [3.63, 3.8) is 0 Å². The van der Waals surface area contributed by atoms with Crippen molar-refractivity contribution in [2.75, 3.05) is 0 Å². The molecule has 4 heteroatoms.